The van der Waals surface area contributed by atoms with Crippen LogP contribution >= 0.6 is 0 Å². The molecule has 48 heavy (non-hydrogen) atoms. The van der Waals surface area contributed by atoms with Gasteiger partial charge in [-0.1, -0.05) is 82.9 Å². The van der Waals surface area contributed by atoms with Crippen LogP contribution in [0.1, 0.15) is 133 Å². The van der Waals surface area contributed by atoms with Crippen molar-refractivity contribution in [2.75, 3.05) is 26.4 Å². The number of carbonyl (C=O) groups is 2. The molecule has 3 aliphatic carbocycles. The van der Waals surface area contributed by atoms with E-state index in [1.165, 1.54) is 95.5 Å². The molecule has 0 heterocycles. The molecule has 0 atom stereocenters. The minimum atomic E-state index is -0.624. The Morgan fingerprint density at radius 3 is 1.73 bits per heavy atom. The van der Waals surface area contributed by atoms with Crippen LogP contribution in [0.5, 0.6) is 0 Å². The Bertz CT molecular complexity index is 1100. The van der Waals surface area contributed by atoms with E-state index in [2.05, 4.69) is 44.3 Å². The smallest absolute Gasteiger partial charge is 0.335 e. The molecule has 3 fully saturated rings. The van der Waals surface area contributed by atoms with Crippen LogP contribution in [0.3, 0.4) is 0 Å². The van der Waals surface area contributed by atoms with Gasteiger partial charge in [0.15, 0.2) is 0 Å². The zero-order chi connectivity index (χ0) is 34.3. The van der Waals surface area contributed by atoms with E-state index < -0.39 is 25.2 Å². The third-order valence-electron chi connectivity index (χ3n) is 12.2. The Morgan fingerprint density at radius 1 is 0.708 bits per heavy atom. The number of hydrogen-bond donors (Lipinski definition) is 2. The van der Waals surface area contributed by atoms with E-state index in [4.69, 9.17) is 9.47 Å². The number of esters is 2. The highest BCUT2D eigenvalue weighted by Crippen LogP contribution is 2.44. The van der Waals surface area contributed by atoms with Gasteiger partial charge in [-0.2, -0.15) is 0 Å². The van der Waals surface area contributed by atoms with Gasteiger partial charge in [-0.25, -0.2) is 9.59 Å². The van der Waals surface area contributed by atoms with Gasteiger partial charge < -0.3 is 19.7 Å². The maximum atomic E-state index is 12.1. The minimum Gasteiger partial charge on any atom is -0.462 e. The van der Waals surface area contributed by atoms with Crippen molar-refractivity contribution in [2.45, 2.75) is 128 Å². The molecule has 268 valence electrons. The molecule has 1 aromatic rings. The first-order chi connectivity index (χ1) is 23.3. The van der Waals surface area contributed by atoms with Crippen molar-refractivity contribution >= 4 is 11.9 Å². The van der Waals surface area contributed by atoms with E-state index in [0.29, 0.717) is 0 Å². The number of unbranched alkanes of at least 4 members (excludes halogenated alkanes) is 2. The van der Waals surface area contributed by atoms with Gasteiger partial charge in [-0.3, -0.25) is 0 Å². The predicted octanol–water partition coefficient (Wildman–Crippen LogP) is 8.89. The lowest BCUT2D eigenvalue weighted by molar-refractivity contribution is -0.146. The van der Waals surface area contributed by atoms with Gasteiger partial charge in [0.25, 0.3) is 0 Å². The summed E-state index contributed by atoms with van der Waals surface area (Å²) >= 11 is 0. The first kappa shape index (κ1) is 38.4. The molecule has 0 radical (unpaired) electrons. The summed E-state index contributed by atoms with van der Waals surface area (Å²) in [5.74, 6) is 2.97. The fourth-order valence-electron chi connectivity index (χ4n) is 8.85. The van der Waals surface area contributed by atoms with Crippen molar-refractivity contribution in [1.29, 1.82) is 0 Å². The van der Waals surface area contributed by atoms with Crippen molar-refractivity contribution < 1.29 is 29.3 Å². The van der Waals surface area contributed by atoms with Gasteiger partial charge in [0.2, 0.25) is 0 Å². The first-order valence-electron chi connectivity index (χ1n) is 19.3. The fraction of sp³-hybridized carbons (Fsp3) is 0.714. The maximum Gasteiger partial charge on any atom is 0.335 e. The molecule has 1 aromatic carbocycles. The first-order valence-corrected chi connectivity index (χ1v) is 19.3. The van der Waals surface area contributed by atoms with E-state index in [0.717, 1.165) is 55.3 Å². The Kier molecular flexibility index (Phi) is 16.2. The summed E-state index contributed by atoms with van der Waals surface area (Å²) in [6.07, 6.45) is 23.3. The topological polar surface area (TPSA) is 93.1 Å². The number of rotatable bonds is 18. The summed E-state index contributed by atoms with van der Waals surface area (Å²) in [6.45, 7) is 8.72. The quantitative estimate of drug-likeness (QED) is 0.0925. The lowest BCUT2D eigenvalue weighted by Gasteiger charge is -2.39. The zero-order valence-electron chi connectivity index (χ0n) is 29.8. The SMILES string of the molecule is C=C(CO)C(=O)OCC(COC(=O)C(=C)CO)C1CCC(C2CCC(CCc3ccc(C4CCC(CCCCC)CC4)cc3)CC2)CC1. The monoisotopic (exact) mass is 664 g/mol. The number of aliphatic hydroxyl groups is 2. The summed E-state index contributed by atoms with van der Waals surface area (Å²) in [4.78, 5) is 24.3. The summed E-state index contributed by atoms with van der Waals surface area (Å²) in [5.41, 5.74) is 3.09. The van der Waals surface area contributed by atoms with Crippen LogP contribution in [0.4, 0.5) is 0 Å². The van der Waals surface area contributed by atoms with Crippen molar-refractivity contribution in [3.8, 4) is 0 Å². The van der Waals surface area contributed by atoms with Crippen LogP contribution in [0.2, 0.25) is 0 Å². The summed E-state index contributed by atoms with van der Waals surface area (Å²) in [5, 5.41) is 18.4. The standard InChI is InChI=1S/C42H64O6/c1-4-5-6-7-32-10-16-35(17-11-32)36-18-12-33(13-19-36)8-9-34-14-20-37(21-15-34)38-22-24-39(25-23-38)40(28-47-41(45)30(2)26-43)29-48-42(46)31(3)27-44/h12-13,18-19,32,34-35,37-40,43-44H,2-11,14-17,20-29H2,1H3. The molecule has 3 aliphatic rings. The van der Waals surface area contributed by atoms with E-state index in [9.17, 15) is 19.8 Å². The highest BCUT2D eigenvalue weighted by atomic mass is 16.5. The second-order valence-corrected chi connectivity index (χ2v) is 15.4. The lowest BCUT2D eigenvalue weighted by Crippen LogP contribution is -2.33. The van der Waals surface area contributed by atoms with E-state index in [-0.39, 0.29) is 36.2 Å². The van der Waals surface area contributed by atoms with Gasteiger partial charge >= 0.3 is 11.9 Å². The zero-order valence-corrected chi connectivity index (χ0v) is 29.8. The molecule has 0 bridgehead atoms. The van der Waals surface area contributed by atoms with Crippen LogP contribution in [0.25, 0.3) is 0 Å². The summed E-state index contributed by atoms with van der Waals surface area (Å²) in [6, 6.07) is 9.68. The van der Waals surface area contributed by atoms with Crippen LogP contribution in [-0.4, -0.2) is 48.6 Å². The largest absolute Gasteiger partial charge is 0.462 e. The summed E-state index contributed by atoms with van der Waals surface area (Å²) < 4.78 is 10.9. The molecule has 6 nitrogen and oxygen atoms in total. The number of aryl methyl sites for hydroxylation is 1. The summed E-state index contributed by atoms with van der Waals surface area (Å²) in [7, 11) is 0. The van der Waals surface area contributed by atoms with Crippen molar-refractivity contribution in [3.63, 3.8) is 0 Å². The number of carbonyl (C=O) groups excluding carboxylic acids is 2. The third-order valence-corrected chi connectivity index (χ3v) is 12.2. The Labute approximate surface area is 290 Å². The maximum absolute atomic E-state index is 12.1. The lowest BCUT2D eigenvalue weighted by atomic mass is 9.67. The molecule has 0 aromatic heterocycles. The second kappa shape index (κ2) is 20.3. The molecule has 0 amide bonds. The number of benzene rings is 1. The number of aliphatic hydroxyl groups excluding tert-OH is 2. The minimum absolute atomic E-state index is 0.0114. The molecule has 6 heteroatoms. The highest BCUT2D eigenvalue weighted by Gasteiger charge is 2.34. The fourth-order valence-corrected chi connectivity index (χ4v) is 8.85. The Morgan fingerprint density at radius 2 is 1.21 bits per heavy atom. The van der Waals surface area contributed by atoms with Gasteiger partial charge in [0.05, 0.1) is 37.6 Å². The van der Waals surface area contributed by atoms with Crippen LogP contribution in [0, 0.1) is 35.5 Å². The van der Waals surface area contributed by atoms with Gasteiger partial charge in [-0.05, 0) is 124 Å². The second-order valence-electron chi connectivity index (χ2n) is 15.4. The van der Waals surface area contributed by atoms with Crippen LogP contribution in [0.15, 0.2) is 48.6 Å². The van der Waals surface area contributed by atoms with E-state index >= 15 is 0 Å². The average Bonchev–Trinajstić information content (AvgIpc) is 3.14. The predicted molar refractivity (Wildman–Crippen MR) is 192 cm³/mol. The van der Waals surface area contributed by atoms with E-state index in [1.807, 2.05) is 0 Å². The molecule has 3 saturated carbocycles. The Balaban J connectivity index is 1.16. The van der Waals surface area contributed by atoms with Crippen molar-refractivity contribution in [1.82, 2.24) is 0 Å². The normalized spacial score (nSPS) is 26.2. The number of hydrogen-bond acceptors (Lipinski definition) is 6. The van der Waals surface area contributed by atoms with Gasteiger partial charge in [0.1, 0.15) is 0 Å². The Hall–Kier alpha value is -2.44. The third kappa shape index (κ3) is 11.9. The molecule has 0 aliphatic heterocycles. The molecule has 4 rings (SSSR count). The number of ether oxygens (including phenoxy) is 2. The average molecular weight is 665 g/mol. The molecule has 0 spiro atoms. The van der Waals surface area contributed by atoms with Crippen molar-refractivity contribution in [2.24, 2.45) is 35.5 Å². The molecule has 0 unspecified atom stereocenters. The van der Waals surface area contributed by atoms with Gasteiger partial charge in [-0.15, -0.1) is 0 Å². The molecular formula is C42H64O6. The highest BCUT2D eigenvalue weighted by molar-refractivity contribution is 5.88. The van der Waals surface area contributed by atoms with Crippen LogP contribution in [-0.2, 0) is 25.5 Å². The van der Waals surface area contributed by atoms with Crippen LogP contribution < -0.4 is 0 Å². The van der Waals surface area contributed by atoms with Crippen molar-refractivity contribution in [3.05, 3.63) is 59.7 Å². The van der Waals surface area contributed by atoms with E-state index in [1.54, 1.807) is 5.56 Å². The van der Waals surface area contributed by atoms with Gasteiger partial charge in [0, 0.05) is 5.92 Å². The molecule has 0 saturated heterocycles. The molecule has 2 N–H and O–H groups in total. The molecular weight excluding hydrogens is 600 g/mol.